The molecule has 0 spiro atoms. The highest BCUT2D eigenvalue weighted by atomic mass is 19.3. The first kappa shape index (κ1) is 23.4. The lowest BCUT2D eigenvalue weighted by atomic mass is 10.0. The molecular weight excluding hydrogens is 476 g/mol. The van der Waals surface area contributed by atoms with Crippen LogP contribution in [0.2, 0.25) is 0 Å². The van der Waals surface area contributed by atoms with E-state index in [2.05, 4.69) is 24.5 Å². The number of aryl methyl sites for hydroxylation is 1. The molecule has 4 aromatic rings. The van der Waals surface area contributed by atoms with Gasteiger partial charge in [0.25, 0.3) is 5.56 Å². The molecule has 2 aromatic carbocycles. The fourth-order valence-electron chi connectivity index (χ4n) is 4.12. The predicted molar refractivity (Wildman–Crippen MR) is 125 cm³/mol. The van der Waals surface area contributed by atoms with E-state index in [9.17, 15) is 23.5 Å². The van der Waals surface area contributed by atoms with Crippen LogP contribution in [0.5, 0.6) is 11.5 Å². The highest BCUT2D eigenvalue weighted by Gasteiger charge is 2.43. The summed E-state index contributed by atoms with van der Waals surface area (Å²) in [5, 5.41) is 13.9. The van der Waals surface area contributed by atoms with Gasteiger partial charge in [0.2, 0.25) is 5.91 Å². The third kappa shape index (κ3) is 4.05. The van der Waals surface area contributed by atoms with Crippen LogP contribution in [0.4, 0.5) is 14.5 Å². The highest BCUT2D eigenvalue weighted by molar-refractivity contribution is 5.94. The van der Waals surface area contributed by atoms with E-state index >= 15 is 0 Å². The minimum absolute atomic E-state index is 0.115. The fourth-order valence-corrected chi connectivity index (χ4v) is 4.12. The van der Waals surface area contributed by atoms with Gasteiger partial charge in [0.05, 0.1) is 12.9 Å². The number of anilines is 1. The first-order chi connectivity index (χ1) is 17.2. The van der Waals surface area contributed by atoms with Crippen LogP contribution >= 0.6 is 0 Å². The van der Waals surface area contributed by atoms with Crippen molar-refractivity contribution in [1.82, 2.24) is 19.7 Å². The van der Waals surface area contributed by atoms with Gasteiger partial charge < -0.3 is 24.5 Å². The quantitative estimate of drug-likeness (QED) is 0.420. The summed E-state index contributed by atoms with van der Waals surface area (Å²) in [5.41, 5.74) is 2.93. The van der Waals surface area contributed by atoms with Crippen LogP contribution in [0.1, 0.15) is 18.1 Å². The van der Waals surface area contributed by atoms with E-state index in [0.717, 1.165) is 15.8 Å². The number of imidazole rings is 1. The monoisotopic (exact) mass is 497 g/mol. The number of amides is 1. The van der Waals surface area contributed by atoms with Crippen molar-refractivity contribution in [3.63, 3.8) is 0 Å². The number of ether oxygens (including phenoxy) is 2. The molecule has 0 aliphatic carbocycles. The number of likely N-dealkylation sites (N-methyl/N-ethyl adjacent to an activating group) is 1. The number of carbonyl (C=O) groups excluding carboxylic acids is 1. The van der Waals surface area contributed by atoms with Gasteiger partial charge >= 0.3 is 6.29 Å². The van der Waals surface area contributed by atoms with E-state index in [-0.39, 0.29) is 30.2 Å². The molecule has 0 unspecified atom stereocenters. The number of nitrogens with one attached hydrogen (secondary N) is 1. The van der Waals surface area contributed by atoms with Crippen molar-refractivity contribution in [2.45, 2.75) is 33.3 Å². The van der Waals surface area contributed by atoms with Crippen molar-refractivity contribution in [2.24, 2.45) is 0 Å². The molecule has 1 amide bonds. The summed E-state index contributed by atoms with van der Waals surface area (Å²) in [6.07, 6.45) is -2.40. The second kappa shape index (κ2) is 8.72. The molecule has 0 saturated carbocycles. The maximum absolute atomic E-state index is 13.4. The summed E-state index contributed by atoms with van der Waals surface area (Å²) in [4.78, 5) is 34.7. The van der Waals surface area contributed by atoms with E-state index in [1.807, 2.05) is 13.0 Å². The number of hydrogen-bond acceptors (Lipinski definition) is 7. The molecule has 36 heavy (non-hydrogen) atoms. The predicted octanol–water partition coefficient (Wildman–Crippen LogP) is 2.96. The minimum atomic E-state index is -3.77. The Labute approximate surface area is 202 Å². The molecule has 1 aliphatic heterocycles. The normalized spacial score (nSPS) is 13.8. The molecule has 2 aromatic heterocycles. The van der Waals surface area contributed by atoms with Crippen LogP contribution < -0.4 is 19.9 Å². The average Bonchev–Trinajstić information content (AvgIpc) is 3.44. The van der Waals surface area contributed by atoms with E-state index < -0.39 is 24.3 Å². The van der Waals surface area contributed by atoms with Crippen molar-refractivity contribution in [3.8, 4) is 22.8 Å². The SMILES string of the molecule is CCN(C(=O)Cn1nc(-c2ccc(CO)c(C)c2)c2nc[nH]c2c1=O)c1ccc2c(c1)OC(F)(F)O2. The topological polar surface area (TPSA) is 123 Å². The number of hydrogen-bond donors (Lipinski definition) is 2. The van der Waals surface area contributed by atoms with E-state index in [4.69, 9.17) is 0 Å². The van der Waals surface area contributed by atoms with Crippen LogP contribution in [-0.2, 0) is 17.9 Å². The maximum atomic E-state index is 13.4. The standard InChI is InChI=1S/C24H21F2N5O5/c1-3-30(16-6-7-17-18(9-16)36-24(25,26)35-17)19(33)10-31-23(34)22-21(27-12-28-22)20(29-31)14-4-5-15(11-32)13(2)8-14/h4-9,12,32H,3,10-11H2,1-2H3,(H,27,28). The summed E-state index contributed by atoms with van der Waals surface area (Å²) >= 11 is 0. The number of fused-ring (bicyclic) bond motifs is 2. The number of alkyl halides is 2. The van der Waals surface area contributed by atoms with Crippen LogP contribution in [0.3, 0.4) is 0 Å². The van der Waals surface area contributed by atoms with Gasteiger partial charge in [0, 0.05) is 23.9 Å². The molecule has 10 nitrogen and oxygen atoms in total. The number of rotatable bonds is 6. The number of aromatic amines is 1. The minimum Gasteiger partial charge on any atom is -0.395 e. The van der Waals surface area contributed by atoms with E-state index in [1.165, 1.54) is 29.4 Å². The van der Waals surface area contributed by atoms with Crippen molar-refractivity contribution in [2.75, 3.05) is 11.4 Å². The molecule has 0 fully saturated rings. The van der Waals surface area contributed by atoms with Gasteiger partial charge in [-0.3, -0.25) is 9.59 Å². The average molecular weight is 497 g/mol. The van der Waals surface area contributed by atoms with Gasteiger partial charge in [-0.1, -0.05) is 12.1 Å². The van der Waals surface area contributed by atoms with Crippen LogP contribution in [0.15, 0.2) is 47.5 Å². The highest BCUT2D eigenvalue weighted by Crippen LogP contribution is 2.42. The zero-order valence-corrected chi connectivity index (χ0v) is 19.3. The zero-order chi connectivity index (χ0) is 25.6. The molecule has 5 rings (SSSR count). The number of aliphatic hydroxyl groups is 1. The second-order valence-corrected chi connectivity index (χ2v) is 8.17. The summed E-state index contributed by atoms with van der Waals surface area (Å²) in [6.45, 7) is 3.23. The van der Waals surface area contributed by atoms with Crippen LogP contribution in [0.25, 0.3) is 22.3 Å². The second-order valence-electron chi connectivity index (χ2n) is 8.17. The van der Waals surface area contributed by atoms with Gasteiger partial charge in [0.15, 0.2) is 11.5 Å². The van der Waals surface area contributed by atoms with Crippen molar-refractivity contribution >= 4 is 22.6 Å². The summed E-state index contributed by atoms with van der Waals surface area (Å²) < 4.78 is 36.7. The van der Waals surface area contributed by atoms with Crippen LogP contribution in [-0.4, -0.2) is 43.6 Å². The number of nitrogens with zero attached hydrogens (tertiary/aromatic N) is 4. The van der Waals surface area contributed by atoms with Crippen molar-refractivity contribution < 1.29 is 28.2 Å². The third-order valence-electron chi connectivity index (χ3n) is 5.92. The molecule has 3 heterocycles. The maximum Gasteiger partial charge on any atom is 0.586 e. The Bertz CT molecular complexity index is 1550. The first-order valence-corrected chi connectivity index (χ1v) is 11.1. The van der Waals surface area contributed by atoms with Gasteiger partial charge in [-0.15, -0.1) is 8.78 Å². The molecule has 0 bridgehead atoms. The molecule has 2 N–H and O–H groups in total. The van der Waals surface area contributed by atoms with Crippen molar-refractivity contribution in [3.05, 3.63) is 64.2 Å². The Morgan fingerprint density at radius 3 is 2.69 bits per heavy atom. The van der Waals surface area contributed by atoms with E-state index in [1.54, 1.807) is 19.1 Å². The Morgan fingerprint density at radius 1 is 1.19 bits per heavy atom. The lowest BCUT2D eigenvalue weighted by Gasteiger charge is -2.21. The number of benzene rings is 2. The molecule has 0 saturated heterocycles. The van der Waals surface area contributed by atoms with Gasteiger partial charge in [-0.2, -0.15) is 5.10 Å². The summed E-state index contributed by atoms with van der Waals surface area (Å²) in [5.74, 6) is -0.821. The molecule has 0 radical (unpaired) electrons. The lowest BCUT2D eigenvalue weighted by Crippen LogP contribution is -2.37. The van der Waals surface area contributed by atoms with Gasteiger partial charge in [-0.25, -0.2) is 9.67 Å². The van der Waals surface area contributed by atoms with Gasteiger partial charge in [-0.05, 0) is 43.2 Å². The molecular formula is C24H21F2N5O5. The first-order valence-electron chi connectivity index (χ1n) is 11.1. The number of aromatic nitrogens is 4. The molecule has 1 aliphatic rings. The smallest absolute Gasteiger partial charge is 0.395 e. The summed E-state index contributed by atoms with van der Waals surface area (Å²) in [7, 11) is 0. The number of H-pyrrole nitrogens is 1. The Balaban J connectivity index is 1.50. The molecule has 12 heteroatoms. The number of halogens is 2. The Hall–Kier alpha value is -4.32. The van der Waals surface area contributed by atoms with Crippen molar-refractivity contribution in [1.29, 1.82) is 0 Å². The fraction of sp³-hybridized carbons (Fsp3) is 0.250. The number of aliphatic hydroxyl groups excluding tert-OH is 1. The number of carbonyl (C=O) groups is 1. The van der Waals surface area contributed by atoms with E-state index in [0.29, 0.717) is 22.5 Å². The van der Waals surface area contributed by atoms with Gasteiger partial charge in [0.1, 0.15) is 23.3 Å². The summed E-state index contributed by atoms with van der Waals surface area (Å²) in [6, 6.07) is 9.36. The Morgan fingerprint density at radius 2 is 1.97 bits per heavy atom. The third-order valence-corrected chi connectivity index (χ3v) is 5.92. The largest absolute Gasteiger partial charge is 0.586 e. The van der Waals surface area contributed by atoms with Crippen LogP contribution in [0, 0.1) is 6.92 Å². The molecule has 0 atom stereocenters. The molecule has 186 valence electrons. The zero-order valence-electron chi connectivity index (χ0n) is 19.3. The Kier molecular flexibility index (Phi) is 5.67. The lowest BCUT2D eigenvalue weighted by molar-refractivity contribution is -0.286.